The summed E-state index contributed by atoms with van der Waals surface area (Å²) in [5.41, 5.74) is -0.359. The molecule has 0 aromatic rings. The van der Waals surface area contributed by atoms with Crippen LogP contribution in [0, 0.1) is 22.7 Å². The van der Waals surface area contributed by atoms with E-state index in [9.17, 15) is 18.3 Å². The lowest BCUT2D eigenvalue weighted by Crippen LogP contribution is -2.47. The van der Waals surface area contributed by atoms with Crippen LogP contribution in [0.3, 0.4) is 0 Å². The second-order valence-corrected chi connectivity index (χ2v) is 10.3. The summed E-state index contributed by atoms with van der Waals surface area (Å²) in [6.07, 6.45) is 4.59. The lowest BCUT2D eigenvalue weighted by atomic mass is 9.69. The average Bonchev–Trinajstić information content (AvgIpc) is 2.98. The van der Waals surface area contributed by atoms with Gasteiger partial charge in [-0.3, -0.25) is 4.79 Å². The Labute approximate surface area is 145 Å². The van der Waals surface area contributed by atoms with Crippen LogP contribution in [0.4, 0.5) is 0 Å². The molecule has 2 bridgehead atoms. The van der Waals surface area contributed by atoms with Crippen LogP contribution < -0.4 is 0 Å². The van der Waals surface area contributed by atoms with E-state index < -0.39 is 28.0 Å². The minimum Gasteiger partial charge on any atom is -0.392 e. The predicted molar refractivity (Wildman–Crippen MR) is 92.6 cm³/mol. The first-order chi connectivity index (χ1) is 11.1. The Hall–Kier alpha value is -0.880. The van der Waals surface area contributed by atoms with Gasteiger partial charge in [0.05, 0.1) is 23.8 Å². The molecule has 2 aliphatic carbocycles. The summed E-state index contributed by atoms with van der Waals surface area (Å²) in [5.74, 6) is -0.585. The van der Waals surface area contributed by atoms with Gasteiger partial charge in [-0.2, -0.15) is 0 Å². The van der Waals surface area contributed by atoms with Crippen LogP contribution in [0.15, 0.2) is 12.7 Å². The average molecular weight is 356 g/mol. The van der Waals surface area contributed by atoms with Gasteiger partial charge in [-0.25, -0.2) is 12.7 Å². The van der Waals surface area contributed by atoms with Crippen molar-refractivity contribution in [3.63, 3.8) is 0 Å². The molecule has 0 radical (unpaired) electrons. The third-order valence-corrected chi connectivity index (χ3v) is 9.18. The molecular formula is C18H29NO4S. The third-order valence-electron chi connectivity index (χ3n) is 7.26. The maximum atomic E-state index is 13.0. The molecule has 5 atom stereocenters. The molecular weight excluding hydrogens is 326 g/mol. The number of rotatable bonds is 5. The van der Waals surface area contributed by atoms with Gasteiger partial charge in [0, 0.05) is 5.41 Å². The van der Waals surface area contributed by atoms with E-state index in [1.165, 1.54) is 0 Å². The second-order valence-electron chi connectivity index (χ2n) is 8.48. The van der Waals surface area contributed by atoms with Crippen molar-refractivity contribution in [1.82, 2.24) is 4.31 Å². The first-order valence-corrected chi connectivity index (χ1v) is 10.5. The number of sulfonamides is 1. The molecule has 3 aliphatic rings. The van der Waals surface area contributed by atoms with E-state index in [0.29, 0.717) is 18.8 Å². The number of nitrogens with zero attached hydrogens (tertiary/aromatic N) is 1. The molecule has 0 aromatic heterocycles. The monoisotopic (exact) mass is 355 g/mol. The van der Waals surface area contributed by atoms with Crippen LogP contribution in [0.1, 0.15) is 52.9 Å². The predicted octanol–water partition coefficient (Wildman–Crippen LogP) is 2.32. The van der Waals surface area contributed by atoms with Crippen LogP contribution in [0.5, 0.6) is 0 Å². The number of hydrogen-bond donors (Lipinski definition) is 1. The zero-order valence-corrected chi connectivity index (χ0v) is 15.7. The van der Waals surface area contributed by atoms with Crippen LogP contribution in [-0.4, -0.2) is 41.6 Å². The molecule has 1 heterocycles. The van der Waals surface area contributed by atoms with Gasteiger partial charge in [-0.15, -0.1) is 6.58 Å². The number of fused-ring (bicyclic) bond motifs is 1. The zero-order chi connectivity index (χ0) is 17.9. The molecule has 0 aromatic carbocycles. The molecule has 1 saturated heterocycles. The Balaban J connectivity index is 1.89. The molecule has 3 fully saturated rings. The van der Waals surface area contributed by atoms with Gasteiger partial charge in [0.25, 0.3) is 0 Å². The highest BCUT2D eigenvalue weighted by Gasteiger charge is 2.72. The Morgan fingerprint density at radius 2 is 2.12 bits per heavy atom. The van der Waals surface area contributed by atoms with E-state index in [1.807, 2.05) is 0 Å². The van der Waals surface area contributed by atoms with Crippen molar-refractivity contribution >= 4 is 15.9 Å². The topological polar surface area (TPSA) is 74.7 Å². The van der Waals surface area contributed by atoms with Gasteiger partial charge >= 0.3 is 0 Å². The smallest absolute Gasteiger partial charge is 0.241 e. The van der Waals surface area contributed by atoms with Gasteiger partial charge < -0.3 is 5.11 Å². The fraction of sp³-hybridized carbons (Fsp3) is 0.833. The minimum atomic E-state index is -3.61. The summed E-state index contributed by atoms with van der Waals surface area (Å²) in [7, 11) is -3.61. The Kier molecular flexibility index (Phi) is 4.15. The van der Waals surface area contributed by atoms with Crippen molar-refractivity contribution in [1.29, 1.82) is 0 Å². The zero-order valence-electron chi connectivity index (χ0n) is 14.9. The molecule has 1 aliphatic heterocycles. The van der Waals surface area contributed by atoms with Crippen LogP contribution in [0.25, 0.3) is 0 Å². The Morgan fingerprint density at radius 3 is 2.71 bits per heavy atom. The summed E-state index contributed by atoms with van der Waals surface area (Å²) in [6.45, 7) is 9.58. The Bertz CT molecular complexity index is 656. The molecule has 6 heteroatoms. The van der Waals surface area contributed by atoms with Gasteiger partial charge in [0.1, 0.15) is 0 Å². The molecule has 1 amide bonds. The summed E-state index contributed by atoms with van der Waals surface area (Å²) in [6, 6.07) is -0.224. The Morgan fingerprint density at radius 1 is 1.46 bits per heavy atom. The van der Waals surface area contributed by atoms with Crippen molar-refractivity contribution in [3.8, 4) is 0 Å². The van der Waals surface area contributed by atoms with E-state index in [2.05, 4.69) is 20.4 Å². The van der Waals surface area contributed by atoms with Crippen molar-refractivity contribution in [3.05, 3.63) is 12.7 Å². The van der Waals surface area contributed by atoms with Gasteiger partial charge in [-0.1, -0.05) is 26.8 Å². The van der Waals surface area contributed by atoms with E-state index >= 15 is 0 Å². The highest BCUT2D eigenvalue weighted by molar-refractivity contribution is 7.90. The van der Waals surface area contributed by atoms with Crippen molar-refractivity contribution in [2.24, 2.45) is 22.7 Å². The third kappa shape index (κ3) is 2.22. The number of aliphatic hydroxyl groups excluding tert-OH is 1. The maximum absolute atomic E-state index is 13.0. The number of carbonyl (C=O) groups excluding carboxylic acids is 1. The largest absolute Gasteiger partial charge is 0.392 e. The molecule has 136 valence electrons. The van der Waals surface area contributed by atoms with Crippen molar-refractivity contribution < 1.29 is 18.3 Å². The first kappa shape index (κ1) is 17.9. The minimum absolute atomic E-state index is 0.0511. The summed E-state index contributed by atoms with van der Waals surface area (Å²) in [5, 5.41) is 10.2. The van der Waals surface area contributed by atoms with E-state index in [1.54, 1.807) is 13.0 Å². The van der Waals surface area contributed by atoms with E-state index in [0.717, 1.165) is 23.6 Å². The lowest BCUT2D eigenvalue weighted by Gasteiger charge is -2.37. The summed E-state index contributed by atoms with van der Waals surface area (Å²) >= 11 is 0. The molecule has 2 saturated carbocycles. The summed E-state index contributed by atoms with van der Waals surface area (Å²) in [4.78, 5) is 13.0. The standard InChI is InChI=1S/C18H29NO4S/c1-5-6-7-14(20)12(2)16(21)19-15-10-13-8-9-18(15,17(13,3)4)11-24(19,22)23/h5,12-15,20H,1,6-11H2,2-4H3/t12-,13?,14-,15?,18+/m1/s1. The van der Waals surface area contributed by atoms with Crippen molar-refractivity contribution in [2.75, 3.05) is 5.75 Å². The van der Waals surface area contributed by atoms with Gasteiger partial charge in [0.15, 0.2) is 0 Å². The van der Waals surface area contributed by atoms with Gasteiger partial charge in [0.2, 0.25) is 15.9 Å². The fourth-order valence-corrected chi connectivity index (χ4v) is 8.10. The quantitative estimate of drug-likeness (QED) is 0.768. The molecule has 2 unspecified atom stereocenters. The number of allylic oxidation sites excluding steroid dienone is 1. The second kappa shape index (κ2) is 5.56. The number of hydrogen-bond acceptors (Lipinski definition) is 4. The van der Waals surface area contributed by atoms with Gasteiger partial charge in [-0.05, 0) is 43.4 Å². The SMILES string of the molecule is C=CCC[C@@H](O)[C@@H](C)C(=O)N1C2CC3CC[C@@]2(CS1(=O)=O)C3(C)C. The van der Waals surface area contributed by atoms with E-state index in [4.69, 9.17) is 0 Å². The molecule has 24 heavy (non-hydrogen) atoms. The van der Waals surface area contributed by atoms with Crippen molar-refractivity contribution in [2.45, 2.75) is 65.0 Å². The normalized spacial score (nSPS) is 37.9. The lowest BCUT2D eigenvalue weighted by molar-refractivity contribution is -0.136. The van der Waals surface area contributed by atoms with Crippen LogP contribution in [0.2, 0.25) is 0 Å². The van der Waals surface area contributed by atoms with E-state index in [-0.39, 0.29) is 22.6 Å². The fourth-order valence-electron chi connectivity index (χ4n) is 5.48. The molecule has 1 N–H and O–H groups in total. The molecule has 5 nitrogen and oxygen atoms in total. The highest BCUT2D eigenvalue weighted by Crippen LogP contribution is 2.70. The van der Waals surface area contributed by atoms with Crippen LogP contribution in [-0.2, 0) is 14.8 Å². The number of amides is 1. The first-order valence-electron chi connectivity index (χ1n) is 8.93. The number of carbonyl (C=O) groups is 1. The summed E-state index contributed by atoms with van der Waals surface area (Å²) < 4.78 is 26.8. The molecule has 1 spiro atoms. The number of aliphatic hydroxyl groups is 1. The van der Waals surface area contributed by atoms with Crippen LogP contribution >= 0.6 is 0 Å². The molecule has 3 rings (SSSR count). The maximum Gasteiger partial charge on any atom is 0.241 e. The highest BCUT2D eigenvalue weighted by atomic mass is 32.2.